The molecule has 0 aliphatic rings. The molecule has 0 aliphatic heterocycles. The Morgan fingerprint density at radius 1 is 1.38 bits per heavy atom. The minimum atomic E-state index is -0.298. The van der Waals surface area contributed by atoms with E-state index in [1.165, 1.54) is 6.92 Å². The number of hydrogen-bond donors (Lipinski definition) is 4. The monoisotopic (exact) mass is 357 g/mol. The molecule has 2 rings (SSSR count). The molecule has 0 spiro atoms. The third-order valence-electron chi connectivity index (χ3n) is 4.26. The summed E-state index contributed by atoms with van der Waals surface area (Å²) in [6.07, 6.45) is 0.609. The number of hydrogen-bond acceptors (Lipinski definition) is 6. The Morgan fingerprint density at radius 3 is 2.73 bits per heavy atom. The third kappa shape index (κ3) is 4.77. The fourth-order valence-corrected chi connectivity index (χ4v) is 2.73. The number of pyridine rings is 1. The zero-order valence-electron chi connectivity index (χ0n) is 15.7. The summed E-state index contributed by atoms with van der Waals surface area (Å²) >= 11 is 0. The number of rotatable bonds is 7. The van der Waals surface area contributed by atoms with Crippen LogP contribution in [0.15, 0.2) is 24.3 Å². The van der Waals surface area contributed by atoms with Crippen LogP contribution < -0.4 is 16.4 Å². The molecule has 2 unspecified atom stereocenters. The maximum Gasteiger partial charge on any atom is 0.222 e. The maximum absolute atomic E-state index is 11.4. The normalized spacial score (nSPS) is 13.3. The third-order valence-corrected chi connectivity index (χ3v) is 4.26. The van der Waals surface area contributed by atoms with Crippen LogP contribution in [0, 0.1) is 12.3 Å². The number of ether oxygens (including phenoxy) is 1. The van der Waals surface area contributed by atoms with Crippen molar-refractivity contribution in [2.24, 2.45) is 5.73 Å². The van der Waals surface area contributed by atoms with E-state index in [9.17, 15) is 4.79 Å². The molecule has 0 fully saturated rings. The predicted octanol–water partition coefficient (Wildman–Crippen LogP) is 2.17. The Bertz CT molecular complexity index is 806. The molecule has 0 bridgehead atoms. The van der Waals surface area contributed by atoms with Crippen LogP contribution in [0.1, 0.15) is 31.4 Å². The summed E-state index contributed by atoms with van der Waals surface area (Å²) in [5, 5.41) is 14.9. The summed E-state index contributed by atoms with van der Waals surface area (Å²) in [4.78, 5) is 16.0. The molecule has 1 aromatic heterocycles. The number of aryl methyl sites for hydroxylation is 1. The molecule has 1 amide bonds. The van der Waals surface area contributed by atoms with E-state index in [0.29, 0.717) is 17.9 Å². The van der Waals surface area contributed by atoms with E-state index in [2.05, 4.69) is 15.6 Å². The number of nitrogens with one attached hydrogen (secondary N) is 3. The molecule has 0 aliphatic carbocycles. The molecular weight excluding hydrogens is 330 g/mol. The van der Waals surface area contributed by atoms with Crippen molar-refractivity contribution in [2.75, 3.05) is 19.0 Å². The van der Waals surface area contributed by atoms with Crippen LogP contribution in [0.4, 0.5) is 5.82 Å². The van der Waals surface area contributed by atoms with Gasteiger partial charge in [0.2, 0.25) is 5.91 Å². The van der Waals surface area contributed by atoms with Crippen molar-refractivity contribution >= 4 is 28.5 Å². The lowest BCUT2D eigenvalue weighted by atomic mass is 10.1. The lowest BCUT2D eigenvalue weighted by Crippen LogP contribution is -2.40. The SMILES string of the molecule is CCC(N)C(CNc1nc2ccc(C)cc2cc1C(=N)NC(C)=O)OC. The Labute approximate surface area is 153 Å². The van der Waals surface area contributed by atoms with E-state index in [1.54, 1.807) is 7.11 Å². The molecule has 2 atom stereocenters. The summed E-state index contributed by atoms with van der Waals surface area (Å²) in [5.74, 6) is 0.225. The molecule has 7 heteroatoms. The average Bonchev–Trinajstić information content (AvgIpc) is 2.60. The molecule has 0 radical (unpaired) electrons. The first-order chi connectivity index (χ1) is 12.3. The lowest BCUT2D eigenvalue weighted by molar-refractivity contribution is -0.117. The first-order valence-electron chi connectivity index (χ1n) is 8.65. The summed E-state index contributed by atoms with van der Waals surface area (Å²) < 4.78 is 5.45. The standard InChI is InChI=1S/C19H27N5O2/c1-5-15(20)17(26-4)10-22-19-14(18(21)23-12(3)25)9-13-8-11(2)6-7-16(13)24-19/h6-9,15,17H,5,10,20H2,1-4H3,(H,22,24)(H2,21,23,25). The second-order valence-corrected chi connectivity index (χ2v) is 6.36. The van der Waals surface area contributed by atoms with Gasteiger partial charge < -0.3 is 21.1 Å². The Kier molecular flexibility index (Phi) is 6.65. The van der Waals surface area contributed by atoms with Gasteiger partial charge in [-0.2, -0.15) is 0 Å². The number of nitrogens with zero attached hydrogens (tertiary/aromatic N) is 1. The number of amidine groups is 1. The number of fused-ring (bicyclic) bond motifs is 1. The van der Waals surface area contributed by atoms with E-state index in [0.717, 1.165) is 22.9 Å². The van der Waals surface area contributed by atoms with Crippen molar-refractivity contribution < 1.29 is 9.53 Å². The number of methoxy groups -OCH3 is 1. The van der Waals surface area contributed by atoms with Crippen LogP contribution in [-0.4, -0.2) is 42.5 Å². The molecule has 1 heterocycles. The molecule has 7 nitrogen and oxygen atoms in total. The van der Waals surface area contributed by atoms with Crippen molar-refractivity contribution in [2.45, 2.75) is 39.3 Å². The number of aromatic nitrogens is 1. The Hall–Kier alpha value is -2.51. The second-order valence-electron chi connectivity index (χ2n) is 6.36. The molecule has 26 heavy (non-hydrogen) atoms. The van der Waals surface area contributed by atoms with Crippen molar-refractivity contribution in [1.29, 1.82) is 5.41 Å². The van der Waals surface area contributed by atoms with Crippen molar-refractivity contribution in [1.82, 2.24) is 10.3 Å². The number of anilines is 1. The van der Waals surface area contributed by atoms with E-state index < -0.39 is 0 Å². The summed E-state index contributed by atoms with van der Waals surface area (Å²) in [7, 11) is 1.62. The molecular formula is C19H27N5O2. The van der Waals surface area contributed by atoms with Crippen molar-refractivity contribution in [3.8, 4) is 0 Å². The van der Waals surface area contributed by atoms with Crippen LogP contribution in [-0.2, 0) is 9.53 Å². The Balaban J connectivity index is 2.39. The summed E-state index contributed by atoms with van der Waals surface area (Å²) in [6, 6.07) is 7.68. The van der Waals surface area contributed by atoms with E-state index in [4.69, 9.17) is 15.9 Å². The number of amides is 1. The van der Waals surface area contributed by atoms with Crippen LogP contribution in [0.5, 0.6) is 0 Å². The van der Waals surface area contributed by atoms with Gasteiger partial charge in [0.1, 0.15) is 11.7 Å². The van der Waals surface area contributed by atoms with Crippen molar-refractivity contribution in [3.63, 3.8) is 0 Å². The molecule has 0 saturated carbocycles. The van der Waals surface area contributed by atoms with Crippen LogP contribution in [0.3, 0.4) is 0 Å². The second kappa shape index (κ2) is 8.73. The smallest absolute Gasteiger partial charge is 0.222 e. The van der Waals surface area contributed by atoms with E-state index >= 15 is 0 Å². The number of nitrogens with two attached hydrogens (primary N) is 1. The van der Waals surface area contributed by atoms with Crippen LogP contribution in [0.2, 0.25) is 0 Å². The van der Waals surface area contributed by atoms with Gasteiger partial charge in [0.05, 0.1) is 17.2 Å². The predicted molar refractivity (Wildman–Crippen MR) is 105 cm³/mol. The van der Waals surface area contributed by atoms with Crippen molar-refractivity contribution in [3.05, 3.63) is 35.4 Å². The summed E-state index contributed by atoms with van der Waals surface area (Å²) in [5.41, 5.74) is 8.52. The lowest BCUT2D eigenvalue weighted by Gasteiger charge is -2.23. The molecule has 1 aromatic carbocycles. The Morgan fingerprint density at radius 2 is 2.12 bits per heavy atom. The first kappa shape index (κ1) is 19.8. The molecule has 140 valence electrons. The quantitative estimate of drug-likeness (QED) is 0.448. The van der Waals surface area contributed by atoms with Gasteiger partial charge >= 0.3 is 0 Å². The van der Waals surface area contributed by atoms with Crippen LogP contribution in [0.25, 0.3) is 10.9 Å². The minimum Gasteiger partial charge on any atom is -0.378 e. The van der Waals surface area contributed by atoms with Gasteiger partial charge in [-0.1, -0.05) is 18.6 Å². The fourth-order valence-electron chi connectivity index (χ4n) is 2.73. The van der Waals surface area contributed by atoms with Gasteiger partial charge in [0, 0.05) is 32.0 Å². The molecule has 2 aromatic rings. The maximum atomic E-state index is 11.4. The van der Waals surface area contributed by atoms with Gasteiger partial charge in [-0.05, 0) is 31.5 Å². The molecule has 0 saturated heterocycles. The highest BCUT2D eigenvalue weighted by Gasteiger charge is 2.18. The van der Waals surface area contributed by atoms with Gasteiger partial charge in [-0.3, -0.25) is 10.2 Å². The van der Waals surface area contributed by atoms with Gasteiger partial charge in [0.15, 0.2) is 0 Å². The highest BCUT2D eigenvalue weighted by Crippen LogP contribution is 2.22. The topological polar surface area (TPSA) is 113 Å². The van der Waals surface area contributed by atoms with Gasteiger partial charge in [0.25, 0.3) is 0 Å². The zero-order valence-corrected chi connectivity index (χ0v) is 15.7. The number of carbonyl (C=O) groups excluding carboxylic acids is 1. The average molecular weight is 357 g/mol. The largest absolute Gasteiger partial charge is 0.378 e. The van der Waals surface area contributed by atoms with Gasteiger partial charge in [-0.15, -0.1) is 0 Å². The van der Waals surface area contributed by atoms with E-state index in [-0.39, 0.29) is 23.9 Å². The minimum absolute atomic E-state index is 0.00432. The highest BCUT2D eigenvalue weighted by molar-refractivity contribution is 6.10. The zero-order chi connectivity index (χ0) is 19.3. The van der Waals surface area contributed by atoms with Gasteiger partial charge in [-0.25, -0.2) is 4.98 Å². The molecule has 5 N–H and O–H groups in total. The first-order valence-corrected chi connectivity index (χ1v) is 8.65. The fraction of sp³-hybridized carbons (Fsp3) is 0.421. The van der Waals surface area contributed by atoms with Crippen LogP contribution >= 0.6 is 0 Å². The highest BCUT2D eigenvalue weighted by atomic mass is 16.5. The number of benzene rings is 1. The number of carbonyl (C=O) groups is 1. The van der Waals surface area contributed by atoms with E-state index in [1.807, 2.05) is 38.1 Å². The summed E-state index contributed by atoms with van der Waals surface area (Å²) in [6.45, 7) is 5.84.